The smallest absolute Gasteiger partial charge is 0.145 e. The number of furan rings is 1. The number of anilines is 2. The zero-order valence-corrected chi connectivity index (χ0v) is 23.8. The lowest BCUT2D eigenvalue weighted by Gasteiger charge is -2.29. The fourth-order valence-corrected chi connectivity index (χ4v) is 6.49. The van der Waals surface area contributed by atoms with Crippen molar-refractivity contribution in [2.24, 2.45) is 0 Å². The Balaban J connectivity index is 1.20. The van der Waals surface area contributed by atoms with E-state index in [1.54, 1.807) is 12.5 Å². The van der Waals surface area contributed by atoms with Crippen LogP contribution in [0.1, 0.15) is 17.0 Å². The summed E-state index contributed by atoms with van der Waals surface area (Å²) >= 11 is 0. The second-order valence-corrected chi connectivity index (χ2v) is 14.1. The molecular weight excluding hydrogens is 521 g/mol. The van der Waals surface area contributed by atoms with Crippen molar-refractivity contribution >= 4 is 29.6 Å². The van der Waals surface area contributed by atoms with Gasteiger partial charge < -0.3 is 19.0 Å². The van der Waals surface area contributed by atoms with Crippen LogP contribution < -0.4 is 10.1 Å². The van der Waals surface area contributed by atoms with Crippen molar-refractivity contribution in [3.63, 3.8) is 0 Å². The number of benzene rings is 2. The molecule has 0 saturated carbocycles. The summed E-state index contributed by atoms with van der Waals surface area (Å²) in [5.74, 6) is 3.89. The molecule has 204 valence electrons. The van der Waals surface area contributed by atoms with Gasteiger partial charge in [-0.25, -0.2) is 9.97 Å². The lowest BCUT2D eigenvalue weighted by Crippen LogP contribution is -2.33. The second-order valence-electron chi connectivity index (χ2n) is 10.6. The van der Waals surface area contributed by atoms with Crippen LogP contribution in [-0.4, -0.2) is 51.9 Å². The van der Waals surface area contributed by atoms with Gasteiger partial charge in [0, 0.05) is 47.7 Å². The molecule has 0 spiro atoms. The van der Waals surface area contributed by atoms with Gasteiger partial charge in [0.15, 0.2) is 0 Å². The van der Waals surface area contributed by atoms with Crippen LogP contribution >= 0.6 is 7.14 Å². The Bertz CT molecular complexity index is 1700. The second kappa shape index (κ2) is 10.9. The van der Waals surface area contributed by atoms with Crippen molar-refractivity contribution in [3.8, 4) is 22.8 Å². The Morgan fingerprint density at radius 2 is 1.82 bits per heavy atom. The van der Waals surface area contributed by atoms with Gasteiger partial charge in [0.1, 0.15) is 35.2 Å². The summed E-state index contributed by atoms with van der Waals surface area (Å²) in [7, 11) is -1.95. The predicted molar refractivity (Wildman–Crippen MR) is 159 cm³/mol. The average molecular weight is 554 g/mol. The summed E-state index contributed by atoms with van der Waals surface area (Å²) in [4.78, 5) is 15.6. The van der Waals surface area contributed by atoms with E-state index in [9.17, 15) is 4.57 Å². The first-order chi connectivity index (χ1) is 19.3. The van der Waals surface area contributed by atoms with E-state index in [1.807, 2.05) is 75.1 Å². The van der Waals surface area contributed by atoms with Crippen molar-refractivity contribution in [2.75, 3.05) is 37.4 Å². The highest BCUT2D eigenvalue weighted by Gasteiger charge is 2.24. The number of nitrogens with zero attached hydrogens (tertiary/aromatic N) is 4. The van der Waals surface area contributed by atoms with Gasteiger partial charge in [-0.15, -0.1) is 0 Å². The van der Waals surface area contributed by atoms with E-state index in [0.29, 0.717) is 11.6 Å². The van der Waals surface area contributed by atoms with Gasteiger partial charge in [-0.05, 0) is 86.7 Å². The minimum Gasteiger partial charge on any atom is -0.460 e. The molecule has 0 unspecified atom stereocenters. The number of nitrogens with one attached hydrogen (secondary N) is 1. The molecule has 0 atom stereocenters. The van der Waals surface area contributed by atoms with E-state index in [2.05, 4.69) is 31.2 Å². The van der Waals surface area contributed by atoms with E-state index in [0.717, 1.165) is 82.6 Å². The fraction of sp³-hybridized carbons (Fsp3) is 0.258. The maximum atomic E-state index is 12.3. The highest BCUT2D eigenvalue weighted by atomic mass is 31.2. The van der Waals surface area contributed by atoms with E-state index in [-0.39, 0.29) is 0 Å². The standard InChI is InChI=1S/C31H32N5O3P/c1-21-16-24(6-10-29(21)38-25-7-4-22(2)32-18-25)35-31-27-17-23(5-9-28(27)33-20-34-31)30-11-8-26(39-30)19-36-12-14-40(3,37)15-13-36/h4-11,16-18,20H,12-15,19H2,1-3H3,(H,33,34,35). The Kier molecular flexibility index (Phi) is 7.13. The van der Waals surface area contributed by atoms with Gasteiger partial charge in [0.05, 0.1) is 25.4 Å². The van der Waals surface area contributed by atoms with Gasteiger partial charge in [-0.1, -0.05) is 0 Å². The summed E-state index contributed by atoms with van der Waals surface area (Å²) in [5.41, 5.74) is 4.64. The highest BCUT2D eigenvalue weighted by molar-refractivity contribution is 7.63. The molecule has 3 aromatic heterocycles. The number of pyridine rings is 1. The van der Waals surface area contributed by atoms with Crippen LogP contribution in [0.5, 0.6) is 11.5 Å². The quantitative estimate of drug-likeness (QED) is 0.211. The third kappa shape index (κ3) is 5.93. The molecule has 9 heteroatoms. The summed E-state index contributed by atoms with van der Waals surface area (Å²) in [6, 6.07) is 19.9. The maximum Gasteiger partial charge on any atom is 0.145 e. The SMILES string of the molecule is Cc1ccc(Oc2ccc(Nc3ncnc4ccc(-c5ccc(CN6CCP(C)(=O)CC6)o5)cc34)cc2C)cn1. The number of aryl methyl sites for hydroxylation is 2. The third-order valence-corrected chi connectivity index (χ3v) is 9.58. The molecule has 1 N–H and O–H groups in total. The molecular formula is C31H32N5O3P. The fourth-order valence-electron chi connectivity index (χ4n) is 4.86. The van der Waals surface area contributed by atoms with Crippen molar-refractivity contribution in [1.29, 1.82) is 0 Å². The first-order valence-corrected chi connectivity index (χ1v) is 15.9. The highest BCUT2D eigenvalue weighted by Crippen LogP contribution is 2.43. The molecule has 0 aliphatic carbocycles. The number of rotatable bonds is 7. The van der Waals surface area contributed by atoms with E-state index >= 15 is 0 Å². The monoisotopic (exact) mass is 553 g/mol. The lowest BCUT2D eigenvalue weighted by atomic mass is 10.1. The summed E-state index contributed by atoms with van der Waals surface area (Å²) in [6.45, 7) is 8.30. The minimum absolute atomic E-state index is 0.701. The topological polar surface area (TPSA) is 93.4 Å². The van der Waals surface area contributed by atoms with Crippen LogP contribution in [-0.2, 0) is 11.1 Å². The maximum absolute atomic E-state index is 12.3. The van der Waals surface area contributed by atoms with Crippen LogP contribution in [0, 0.1) is 13.8 Å². The summed E-state index contributed by atoms with van der Waals surface area (Å²) < 4.78 is 24.6. The van der Waals surface area contributed by atoms with Gasteiger partial charge in [0.2, 0.25) is 0 Å². The molecule has 1 aliphatic rings. The number of ether oxygens (including phenoxy) is 1. The van der Waals surface area contributed by atoms with Gasteiger partial charge in [0.25, 0.3) is 0 Å². The van der Waals surface area contributed by atoms with Crippen molar-refractivity contribution in [3.05, 3.63) is 90.2 Å². The molecule has 1 aliphatic heterocycles. The van der Waals surface area contributed by atoms with Gasteiger partial charge in [-0.3, -0.25) is 9.88 Å². The Morgan fingerprint density at radius 3 is 2.60 bits per heavy atom. The first kappa shape index (κ1) is 26.2. The lowest BCUT2D eigenvalue weighted by molar-refractivity contribution is 0.263. The van der Waals surface area contributed by atoms with Crippen molar-refractivity contribution in [1.82, 2.24) is 19.9 Å². The largest absolute Gasteiger partial charge is 0.460 e. The first-order valence-electron chi connectivity index (χ1n) is 13.4. The molecule has 5 aromatic rings. The van der Waals surface area contributed by atoms with Crippen LogP contribution in [0.2, 0.25) is 0 Å². The predicted octanol–water partition coefficient (Wildman–Crippen LogP) is 7.25. The minimum atomic E-state index is -1.95. The van der Waals surface area contributed by atoms with Gasteiger partial charge in [-0.2, -0.15) is 0 Å². The van der Waals surface area contributed by atoms with E-state index in [1.165, 1.54) is 0 Å². The molecule has 0 radical (unpaired) electrons. The molecule has 0 amide bonds. The van der Waals surface area contributed by atoms with E-state index < -0.39 is 7.14 Å². The van der Waals surface area contributed by atoms with E-state index in [4.69, 9.17) is 9.15 Å². The van der Waals surface area contributed by atoms with Crippen LogP contribution in [0.4, 0.5) is 11.5 Å². The Morgan fingerprint density at radius 1 is 0.975 bits per heavy atom. The molecule has 1 saturated heterocycles. The average Bonchev–Trinajstić information content (AvgIpc) is 3.41. The van der Waals surface area contributed by atoms with Crippen LogP contribution in [0.15, 0.2) is 77.6 Å². The molecule has 2 aromatic carbocycles. The molecule has 0 bridgehead atoms. The van der Waals surface area contributed by atoms with Crippen LogP contribution in [0.25, 0.3) is 22.2 Å². The summed E-state index contributed by atoms with van der Waals surface area (Å²) in [5, 5.41) is 4.35. The number of fused-ring (bicyclic) bond motifs is 1. The van der Waals surface area contributed by atoms with Crippen LogP contribution in [0.3, 0.4) is 0 Å². The van der Waals surface area contributed by atoms with Gasteiger partial charge >= 0.3 is 0 Å². The zero-order valence-electron chi connectivity index (χ0n) is 22.9. The molecule has 1 fully saturated rings. The number of aromatic nitrogens is 3. The molecule has 40 heavy (non-hydrogen) atoms. The van der Waals surface area contributed by atoms with Crippen molar-refractivity contribution < 1.29 is 13.7 Å². The molecule has 6 rings (SSSR count). The zero-order chi connectivity index (χ0) is 27.7. The summed E-state index contributed by atoms with van der Waals surface area (Å²) in [6.07, 6.45) is 4.85. The Labute approximate surface area is 233 Å². The van der Waals surface area contributed by atoms with Crippen molar-refractivity contribution in [2.45, 2.75) is 20.4 Å². The number of hydrogen-bond donors (Lipinski definition) is 1. The Hall–Kier alpha value is -4.00. The third-order valence-electron chi connectivity index (χ3n) is 7.29. The normalized spacial score (nSPS) is 15.3. The number of hydrogen-bond acceptors (Lipinski definition) is 8. The molecule has 4 heterocycles. The molecule has 8 nitrogen and oxygen atoms in total.